The Balaban J connectivity index is 1.87. The minimum atomic E-state index is -0.679. The summed E-state index contributed by atoms with van der Waals surface area (Å²) in [6.07, 6.45) is 3.15. The molecular formula is C20H20F2N2O3. The summed E-state index contributed by atoms with van der Waals surface area (Å²) in [7, 11) is 0. The number of ether oxygens (including phenoxy) is 1. The van der Waals surface area contributed by atoms with Gasteiger partial charge in [0, 0.05) is 19.2 Å². The summed E-state index contributed by atoms with van der Waals surface area (Å²) in [4.78, 5) is 16.9. The van der Waals surface area contributed by atoms with Gasteiger partial charge in [-0.1, -0.05) is 6.07 Å². The molecule has 0 aliphatic heterocycles. The standard InChI is InChI=1S/C20H20F2N2O3/c1-13-19(17(26)8-2-3-11-25)24-10-5-9-18(20(24)23-13)27-12-14-15(21)6-4-7-16(14)22/h4-7,9-10,25H,2-3,8,11-12H2,1H3. The molecule has 0 amide bonds. The Morgan fingerprint density at radius 1 is 1.19 bits per heavy atom. The number of aliphatic hydroxyl groups is 1. The molecule has 142 valence electrons. The predicted molar refractivity (Wildman–Crippen MR) is 95.9 cm³/mol. The Morgan fingerprint density at radius 2 is 1.93 bits per heavy atom. The Labute approximate surface area is 155 Å². The van der Waals surface area contributed by atoms with Crippen molar-refractivity contribution in [2.75, 3.05) is 6.61 Å². The van der Waals surface area contributed by atoms with Gasteiger partial charge in [-0.25, -0.2) is 13.8 Å². The van der Waals surface area contributed by atoms with E-state index >= 15 is 0 Å². The van der Waals surface area contributed by atoms with Crippen LogP contribution in [0.1, 0.15) is 41.0 Å². The lowest BCUT2D eigenvalue weighted by molar-refractivity contribution is 0.0971. The first kappa shape index (κ1) is 19.0. The third-order valence-corrected chi connectivity index (χ3v) is 4.30. The van der Waals surface area contributed by atoms with Gasteiger partial charge in [-0.3, -0.25) is 9.20 Å². The Hall–Kier alpha value is -2.80. The predicted octanol–water partition coefficient (Wildman–Crippen LogP) is 3.85. The summed E-state index contributed by atoms with van der Waals surface area (Å²) >= 11 is 0. The number of pyridine rings is 1. The van der Waals surface area contributed by atoms with E-state index in [-0.39, 0.29) is 24.6 Å². The zero-order valence-electron chi connectivity index (χ0n) is 14.9. The number of aliphatic hydroxyl groups excluding tert-OH is 1. The summed E-state index contributed by atoms with van der Waals surface area (Å²) in [6.45, 7) is 1.49. The Kier molecular flexibility index (Phi) is 5.81. The number of carbonyl (C=O) groups is 1. The van der Waals surface area contributed by atoms with Crippen molar-refractivity contribution in [1.82, 2.24) is 9.38 Å². The van der Waals surface area contributed by atoms with Gasteiger partial charge in [0.05, 0.1) is 11.3 Å². The summed E-state index contributed by atoms with van der Waals surface area (Å²) in [5.41, 5.74) is 1.25. The van der Waals surface area contributed by atoms with E-state index in [0.29, 0.717) is 42.0 Å². The maximum atomic E-state index is 13.8. The number of carbonyl (C=O) groups excluding carboxylic acids is 1. The molecule has 1 N–H and O–H groups in total. The van der Waals surface area contributed by atoms with Gasteiger partial charge in [0.25, 0.3) is 0 Å². The zero-order valence-corrected chi connectivity index (χ0v) is 14.9. The van der Waals surface area contributed by atoms with Gasteiger partial charge in [0.2, 0.25) is 0 Å². The third kappa shape index (κ3) is 3.98. The molecule has 0 aliphatic carbocycles. The van der Waals surface area contributed by atoms with Crippen LogP contribution < -0.4 is 4.74 Å². The maximum Gasteiger partial charge on any atom is 0.181 e. The van der Waals surface area contributed by atoms with Crippen LogP contribution in [0.4, 0.5) is 8.78 Å². The molecular weight excluding hydrogens is 354 g/mol. The number of nitrogens with zero attached hydrogens (tertiary/aromatic N) is 2. The number of hydrogen-bond acceptors (Lipinski definition) is 4. The number of aromatic nitrogens is 2. The number of Topliss-reactive ketones (excluding diaryl/α,β-unsaturated/α-hetero) is 1. The van der Waals surface area contributed by atoms with Crippen LogP contribution in [-0.2, 0) is 6.61 Å². The number of fused-ring (bicyclic) bond motifs is 1. The number of ketones is 1. The van der Waals surface area contributed by atoms with Crippen LogP contribution in [0.25, 0.3) is 5.65 Å². The fourth-order valence-electron chi connectivity index (χ4n) is 2.94. The van der Waals surface area contributed by atoms with Crippen molar-refractivity contribution in [3.8, 4) is 5.75 Å². The van der Waals surface area contributed by atoms with Gasteiger partial charge in [0.1, 0.15) is 23.9 Å². The van der Waals surface area contributed by atoms with Crippen LogP contribution in [0.3, 0.4) is 0 Å². The van der Waals surface area contributed by atoms with E-state index in [1.54, 1.807) is 29.7 Å². The number of benzene rings is 1. The smallest absolute Gasteiger partial charge is 0.181 e. The van der Waals surface area contributed by atoms with Gasteiger partial charge in [-0.15, -0.1) is 0 Å². The molecule has 0 saturated carbocycles. The van der Waals surface area contributed by atoms with Crippen molar-refractivity contribution in [3.05, 3.63) is 65.1 Å². The number of imidazole rings is 1. The normalized spacial score (nSPS) is 11.1. The van der Waals surface area contributed by atoms with Gasteiger partial charge in [0.15, 0.2) is 17.2 Å². The fourth-order valence-corrected chi connectivity index (χ4v) is 2.94. The fraction of sp³-hybridized carbons (Fsp3) is 0.300. The van der Waals surface area contributed by atoms with Crippen LogP contribution in [-0.4, -0.2) is 26.9 Å². The quantitative estimate of drug-likeness (QED) is 0.481. The molecule has 0 saturated heterocycles. The Morgan fingerprint density at radius 3 is 2.63 bits per heavy atom. The summed E-state index contributed by atoms with van der Waals surface area (Å²) < 4.78 is 34.8. The van der Waals surface area contributed by atoms with Crippen LogP contribution >= 0.6 is 0 Å². The molecule has 3 aromatic rings. The highest BCUT2D eigenvalue weighted by Gasteiger charge is 2.19. The first-order valence-corrected chi connectivity index (χ1v) is 8.70. The molecule has 27 heavy (non-hydrogen) atoms. The molecule has 2 aromatic heterocycles. The highest BCUT2D eigenvalue weighted by molar-refractivity contribution is 5.96. The molecule has 5 nitrogen and oxygen atoms in total. The van der Waals surface area contributed by atoms with Crippen molar-refractivity contribution in [1.29, 1.82) is 0 Å². The van der Waals surface area contributed by atoms with Crippen molar-refractivity contribution in [2.45, 2.75) is 32.8 Å². The lowest BCUT2D eigenvalue weighted by atomic mass is 10.1. The van der Waals surface area contributed by atoms with Crippen molar-refractivity contribution in [3.63, 3.8) is 0 Å². The third-order valence-electron chi connectivity index (χ3n) is 4.30. The first-order chi connectivity index (χ1) is 13.0. The molecule has 0 fully saturated rings. The van der Waals surface area contributed by atoms with Crippen LogP contribution in [0.5, 0.6) is 5.75 Å². The molecule has 0 atom stereocenters. The average Bonchev–Trinajstić information content (AvgIpc) is 2.98. The van der Waals surface area contributed by atoms with E-state index in [4.69, 9.17) is 9.84 Å². The molecule has 0 aliphatic rings. The number of aryl methyl sites for hydroxylation is 1. The summed E-state index contributed by atoms with van der Waals surface area (Å²) in [6, 6.07) is 6.96. The molecule has 1 aromatic carbocycles. The SMILES string of the molecule is Cc1nc2c(OCc3c(F)cccc3F)cccn2c1C(=O)CCCCO. The second-order valence-corrected chi connectivity index (χ2v) is 6.20. The molecule has 3 rings (SSSR count). The van der Waals surface area contributed by atoms with E-state index < -0.39 is 11.6 Å². The van der Waals surface area contributed by atoms with Gasteiger partial charge >= 0.3 is 0 Å². The average molecular weight is 374 g/mol. The van der Waals surface area contributed by atoms with Gasteiger partial charge in [-0.2, -0.15) is 0 Å². The van der Waals surface area contributed by atoms with E-state index in [0.717, 1.165) is 0 Å². The first-order valence-electron chi connectivity index (χ1n) is 8.70. The molecule has 0 bridgehead atoms. The largest absolute Gasteiger partial charge is 0.485 e. The van der Waals surface area contributed by atoms with Crippen LogP contribution in [0.2, 0.25) is 0 Å². The molecule has 0 radical (unpaired) electrons. The van der Waals surface area contributed by atoms with Gasteiger partial charge in [-0.05, 0) is 44.0 Å². The van der Waals surface area contributed by atoms with Crippen LogP contribution in [0.15, 0.2) is 36.5 Å². The van der Waals surface area contributed by atoms with Crippen molar-refractivity contribution >= 4 is 11.4 Å². The van der Waals surface area contributed by atoms with E-state index in [1.165, 1.54) is 18.2 Å². The van der Waals surface area contributed by atoms with Crippen LogP contribution in [0, 0.1) is 18.6 Å². The molecule has 0 unspecified atom stereocenters. The maximum absolute atomic E-state index is 13.8. The van der Waals surface area contributed by atoms with E-state index in [2.05, 4.69) is 4.98 Å². The second kappa shape index (κ2) is 8.26. The topological polar surface area (TPSA) is 63.8 Å². The molecule has 0 spiro atoms. The number of hydrogen-bond donors (Lipinski definition) is 1. The number of unbranched alkanes of at least 4 members (excludes halogenated alkanes) is 1. The number of rotatable bonds is 8. The lowest BCUT2D eigenvalue weighted by Gasteiger charge is -2.09. The summed E-state index contributed by atoms with van der Waals surface area (Å²) in [5, 5.41) is 8.87. The van der Waals surface area contributed by atoms with E-state index in [9.17, 15) is 13.6 Å². The van der Waals surface area contributed by atoms with Gasteiger partial charge < -0.3 is 9.84 Å². The van der Waals surface area contributed by atoms with Crippen molar-refractivity contribution in [2.24, 2.45) is 0 Å². The highest BCUT2D eigenvalue weighted by Crippen LogP contribution is 2.25. The second-order valence-electron chi connectivity index (χ2n) is 6.20. The Bertz CT molecular complexity index is 949. The van der Waals surface area contributed by atoms with E-state index in [1.807, 2.05) is 0 Å². The summed E-state index contributed by atoms with van der Waals surface area (Å²) in [5.74, 6) is -1.11. The molecule has 2 heterocycles. The highest BCUT2D eigenvalue weighted by atomic mass is 19.1. The minimum absolute atomic E-state index is 0.0456. The molecule has 7 heteroatoms. The number of halogens is 2. The van der Waals surface area contributed by atoms with Crippen molar-refractivity contribution < 1.29 is 23.4 Å². The minimum Gasteiger partial charge on any atom is -0.485 e. The zero-order chi connectivity index (χ0) is 19.4. The lowest BCUT2D eigenvalue weighted by Crippen LogP contribution is -2.06. The monoisotopic (exact) mass is 374 g/mol.